The van der Waals surface area contributed by atoms with Crippen LogP contribution in [-0.2, 0) is 10.0 Å². The first-order valence-electron chi connectivity index (χ1n) is 5.74. The maximum Gasteiger partial charge on any atom is 0.256 e. The van der Waals surface area contributed by atoms with Crippen molar-refractivity contribution in [2.45, 2.75) is 5.03 Å². The highest BCUT2D eigenvalue weighted by atomic mass is 32.2. The average molecular weight is 286 g/mol. The third kappa shape index (κ3) is 2.13. The van der Waals surface area contributed by atoms with Gasteiger partial charge in [0.1, 0.15) is 6.33 Å². The van der Waals surface area contributed by atoms with Crippen molar-refractivity contribution < 1.29 is 8.42 Å². The van der Waals surface area contributed by atoms with Crippen molar-refractivity contribution in [3.8, 4) is 11.1 Å². The van der Waals surface area contributed by atoms with Crippen LogP contribution in [-0.4, -0.2) is 23.4 Å². The molecule has 20 heavy (non-hydrogen) atoms. The normalized spacial score (nSPS) is 11.7. The molecule has 0 aliphatic carbocycles. The van der Waals surface area contributed by atoms with Crippen LogP contribution in [0.1, 0.15) is 0 Å². The fourth-order valence-corrected chi connectivity index (χ4v) is 2.75. The molecule has 0 aliphatic rings. The Labute approximate surface area is 115 Å². The van der Waals surface area contributed by atoms with E-state index in [-0.39, 0.29) is 5.03 Å². The van der Waals surface area contributed by atoms with Crippen LogP contribution in [0.2, 0.25) is 0 Å². The molecular formula is C13H10N4O2S. The molecule has 0 saturated heterocycles. The third-order valence-corrected chi connectivity index (χ3v) is 3.73. The molecule has 7 heteroatoms. The lowest BCUT2D eigenvalue weighted by atomic mass is 10.0. The molecule has 3 aromatic rings. The number of hydrogen-bond acceptors (Lipinski definition) is 5. The highest BCUT2D eigenvalue weighted by Gasteiger charge is 2.18. The van der Waals surface area contributed by atoms with E-state index in [0.717, 1.165) is 5.39 Å². The topological polar surface area (TPSA) is 98.8 Å². The molecule has 6 nitrogen and oxygen atoms in total. The van der Waals surface area contributed by atoms with E-state index in [1.807, 2.05) is 6.07 Å². The molecule has 0 spiro atoms. The maximum atomic E-state index is 11.6. The van der Waals surface area contributed by atoms with Gasteiger partial charge >= 0.3 is 0 Å². The number of rotatable bonds is 2. The number of fused-ring (bicyclic) bond motifs is 1. The fraction of sp³-hybridized carbons (Fsp3) is 0. The molecule has 0 unspecified atom stereocenters. The van der Waals surface area contributed by atoms with E-state index in [1.54, 1.807) is 30.5 Å². The molecule has 100 valence electrons. The van der Waals surface area contributed by atoms with Gasteiger partial charge in [0.25, 0.3) is 10.0 Å². The zero-order valence-corrected chi connectivity index (χ0v) is 11.1. The lowest BCUT2D eigenvalue weighted by Crippen LogP contribution is -2.15. The van der Waals surface area contributed by atoms with Gasteiger partial charge in [-0.15, -0.1) is 0 Å². The molecule has 2 heterocycles. The summed E-state index contributed by atoms with van der Waals surface area (Å²) >= 11 is 0. The molecule has 0 amide bonds. The first-order valence-corrected chi connectivity index (χ1v) is 7.29. The second-order valence-electron chi connectivity index (χ2n) is 4.17. The number of aromatic nitrogens is 3. The van der Waals surface area contributed by atoms with Gasteiger partial charge in [0.2, 0.25) is 0 Å². The number of nitrogens with zero attached hydrogens (tertiary/aromatic N) is 3. The molecule has 2 aromatic heterocycles. The maximum absolute atomic E-state index is 11.6. The molecular weight excluding hydrogens is 276 g/mol. The highest BCUT2D eigenvalue weighted by Crippen LogP contribution is 2.29. The molecule has 0 radical (unpaired) electrons. The molecule has 0 atom stereocenters. The summed E-state index contributed by atoms with van der Waals surface area (Å²) in [6, 6.07) is 8.75. The summed E-state index contributed by atoms with van der Waals surface area (Å²) < 4.78 is 23.3. The second-order valence-corrected chi connectivity index (χ2v) is 5.64. The monoisotopic (exact) mass is 286 g/mol. The summed E-state index contributed by atoms with van der Waals surface area (Å²) in [7, 11) is -3.90. The van der Waals surface area contributed by atoms with E-state index in [4.69, 9.17) is 5.14 Å². The van der Waals surface area contributed by atoms with Crippen LogP contribution in [0, 0.1) is 0 Å². The van der Waals surface area contributed by atoms with Crippen molar-refractivity contribution in [2.75, 3.05) is 0 Å². The van der Waals surface area contributed by atoms with Gasteiger partial charge in [0, 0.05) is 28.9 Å². The Morgan fingerprint density at radius 1 is 1.00 bits per heavy atom. The minimum Gasteiger partial charge on any atom is -0.244 e. The number of pyridine rings is 1. The average Bonchev–Trinajstić information content (AvgIpc) is 2.46. The van der Waals surface area contributed by atoms with Gasteiger partial charge in [0.15, 0.2) is 5.03 Å². The molecule has 0 bridgehead atoms. The predicted molar refractivity (Wildman–Crippen MR) is 74.1 cm³/mol. The van der Waals surface area contributed by atoms with E-state index in [2.05, 4.69) is 15.0 Å². The van der Waals surface area contributed by atoms with Crippen LogP contribution in [0.25, 0.3) is 22.0 Å². The summed E-state index contributed by atoms with van der Waals surface area (Å²) in [6.07, 6.45) is 4.47. The van der Waals surface area contributed by atoms with Crippen LogP contribution < -0.4 is 5.14 Å². The first kappa shape index (κ1) is 12.6. The number of nitrogens with two attached hydrogens (primary N) is 1. The highest BCUT2D eigenvalue weighted by molar-refractivity contribution is 7.89. The summed E-state index contributed by atoms with van der Waals surface area (Å²) in [4.78, 5) is 12.0. The van der Waals surface area contributed by atoms with E-state index >= 15 is 0 Å². The Hall–Kier alpha value is -2.38. The number of primary sulfonamides is 1. The zero-order valence-electron chi connectivity index (χ0n) is 10.3. The number of sulfonamides is 1. The number of para-hydroxylation sites is 1. The number of benzene rings is 1. The van der Waals surface area contributed by atoms with Crippen molar-refractivity contribution >= 4 is 20.9 Å². The fourth-order valence-electron chi connectivity index (χ4n) is 2.05. The predicted octanol–water partition coefficient (Wildman–Crippen LogP) is 1.34. The van der Waals surface area contributed by atoms with Gasteiger partial charge in [-0.05, 0) is 12.1 Å². The standard InChI is InChI=1S/C13H10N4O2S/c14-20(18,19)13-11(5-2-6-16-13)10-4-1-3-9-7-15-8-17-12(9)10/h1-8H,(H2,14,18,19). The van der Waals surface area contributed by atoms with Crippen LogP contribution in [0.5, 0.6) is 0 Å². The van der Waals surface area contributed by atoms with Crippen LogP contribution in [0.15, 0.2) is 54.1 Å². The lowest BCUT2D eigenvalue weighted by molar-refractivity contribution is 0.594. The van der Waals surface area contributed by atoms with Gasteiger partial charge < -0.3 is 0 Å². The minimum atomic E-state index is -3.90. The van der Waals surface area contributed by atoms with Crippen LogP contribution in [0.3, 0.4) is 0 Å². The Morgan fingerprint density at radius 3 is 2.60 bits per heavy atom. The third-order valence-electron chi connectivity index (χ3n) is 2.87. The molecule has 0 aliphatic heterocycles. The molecule has 0 fully saturated rings. The summed E-state index contributed by atoms with van der Waals surface area (Å²) in [5.41, 5.74) is 1.74. The Balaban J connectivity index is 2.38. The van der Waals surface area contributed by atoms with E-state index in [1.165, 1.54) is 12.5 Å². The summed E-state index contributed by atoms with van der Waals surface area (Å²) in [6.45, 7) is 0. The van der Waals surface area contributed by atoms with Gasteiger partial charge in [-0.3, -0.25) is 0 Å². The van der Waals surface area contributed by atoms with Gasteiger partial charge in [-0.2, -0.15) is 0 Å². The van der Waals surface area contributed by atoms with Gasteiger partial charge in [-0.25, -0.2) is 28.5 Å². The SMILES string of the molecule is NS(=O)(=O)c1ncccc1-c1cccc2cncnc12. The molecule has 1 aromatic carbocycles. The first-order chi connectivity index (χ1) is 9.57. The quantitative estimate of drug-likeness (QED) is 0.766. The summed E-state index contributed by atoms with van der Waals surface area (Å²) in [5.74, 6) is 0. The molecule has 2 N–H and O–H groups in total. The molecule has 3 rings (SSSR count). The van der Waals surface area contributed by atoms with Crippen molar-refractivity contribution in [2.24, 2.45) is 5.14 Å². The Bertz CT molecular complexity index is 888. The lowest BCUT2D eigenvalue weighted by Gasteiger charge is -2.08. The Kier molecular flexibility index (Phi) is 2.92. The Morgan fingerprint density at radius 2 is 1.80 bits per heavy atom. The zero-order chi connectivity index (χ0) is 14.2. The van der Waals surface area contributed by atoms with Gasteiger partial charge in [-0.1, -0.05) is 18.2 Å². The van der Waals surface area contributed by atoms with Crippen LogP contribution in [0.4, 0.5) is 0 Å². The number of hydrogen-bond donors (Lipinski definition) is 1. The van der Waals surface area contributed by atoms with Crippen molar-refractivity contribution in [1.82, 2.24) is 15.0 Å². The van der Waals surface area contributed by atoms with E-state index in [0.29, 0.717) is 16.6 Å². The summed E-state index contributed by atoms with van der Waals surface area (Å²) in [5, 5.41) is 5.87. The smallest absolute Gasteiger partial charge is 0.244 e. The second kappa shape index (κ2) is 4.62. The molecule has 0 saturated carbocycles. The van der Waals surface area contributed by atoms with E-state index in [9.17, 15) is 8.42 Å². The van der Waals surface area contributed by atoms with Gasteiger partial charge in [0.05, 0.1) is 5.52 Å². The van der Waals surface area contributed by atoms with Crippen LogP contribution >= 0.6 is 0 Å². The van der Waals surface area contributed by atoms with E-state index < -0.39 is 10.0 Å². The minimum absolute atomic E-state index is 0.161. The largest absolute Gasteiger partial charge is 0.256 e. The van der Waals surface area contributed by atoms with Crippen molar-refractivity contribution in [3.05, 3.63) is 49.1 Å². The van der Waals surface area contributed by atoms with Crippen molar-refractivity contribution in [1.29, 1.82) is 0 Å². The van der Waals surface area contributed by atoms with Crippen molar-refractivity contribution in [3.63, 3.8) is 0 Å².